The number of aryl methyl sites for hydroxylation is 2. The number of urea groups is 1. The van der Waals surface area contributed by atoms with Crippen LogP contribution in [0.4, 0.5) is 16.4 Å². The number of likely N-dealkylation sites (N-methyl/N-ethyl adjacent to an activating group) is 2. The normalized spacial score (nSPS) is 17.9. The molecule has 2 aliphatic rings. The second-order valence-corrected chi connectivity index (χ2v) is 7.97. The fourth-order valence-electron chi connectivity index (χ4n) is 4.07. The van der Waals surface area contributed by atoms with Crippen LogP contribution in [0.25, 0.3) is 0 Å². The summed E-state index contributed by atoms with van der Waals surface area (Å²) in [5, 5.41) is 3.46. The van der Waals surface area contributed by atoms with Crippen LogP contribution in [0.3, 0.4) is 0 Å². The van der Waals surface area contributed by atoms with Gasteiger partial charge in [-0.15, -0.1) is 0 Å². The van der Waals surface area contributed by atoms with Crippen molar-refractivity contribution in [2.24, 2.45) is 4.99 Å². The van der Waals surface area contributed by atoms with Crippen molar-refractivity contribution in [3.63, 3.8) is 0 Å². The van der Waals surface area contributed by atoms with Crippen molar-refractivity contribution in [1.82, 2.24) is 14.4 Å². The number of hydrogen-bond donors (Lipinski definition) is 1. The van der Waals surface area contributed by atoms with Crippen molar-refractivity contribution >= 4 is 29.4 Å². The minimum atomic E-state index is -0.573. The van der Waals surface area contributed by atoms with Gasteiger partial charge in [0.25, 0.3) is 5.91 Å². The lowest BCUT2D eigenvalue weighted by molar-refractivity contribution is -0.677. The maximum Gasteiger partial charge on any atom is 0.401 e. The van der Waals surface area contributed by atoms with Gasteiger partial charge in [-0.25, -0.2) is 13.9 Å². The topological polar surface area (TPSA) is 73.8 Å². The number of unbranched alkanes of at least 4 members (excludes halogenated alkanes) is 1. The van der Waals surface area contributed by atoms with Crippen LogP contribution < -0.4 is 9.88 Å². The molecule has 2 aliphatic heterocycles. The second kappa shape index (κ2) is 7.93. The number of amides is 3. The summed E-state index contributed by atoms with van der Waals surface area (Å²) in [4.78, 5) is 32.2. The Hall–Kier alpha value is -3.16. The van der Waals surface area contributed by atoms with E-state index >= 15 is 0 Å². The van der Waals surface area contributed by atoms with Crippen LogP contribution in [0, 0.1) is 6.92 Å². The molecular formula is C22H29N6O2+. The second-order valence-electron chi connectivity index (χ2n) is 7.97. The first-order chi connectivity index (χ1) is 14.4. The average molecular weight is 410 g/mol. The first-order valence-corrected chi connectivity index (χ1v) is 10.5. The van der Waals surface area contributed by atoms with Gasteiger partial charge in [0, 0.05) is 26.3 Å². The van der Waals surface area contributed by atoms with Crippen molar-refractivity contribution in [3.8, 4) is 0 Å². The zero-order valence-corrected chi connectivity index (χ0v) is 18.1. The van der Waals surface area contributed by atoms with Crippen molar-refractivity contribution in [2.75, 3.05) is 26.0 Å². The van der Waals surface area contributed by atoms with Gasteiger partial charge in [-0.2, -0.15) is 0 Å². The molecule has 3 amide bonds. The average Bonchev–Trinajstić information content (AvgIpc) is 3.25. The standard InChI is InChI=1S/C22H29N6O2/c1-5-6-7-16-8-10-17(11-9-16)23-12-13-27-15(2)14-28-18-19(24-21(27)28)25(3)22(30)26(4)20(18)29/h8-11,14,18,23H,5-7,12-13H2,1-4H3/q+1. The summed E-state index contributed by atoms with van der Waals surface area (Å²) >= 11 is 0. The summed E-state index contributed by atoms with van der Waals surface area (Å²) < 4.78 is 3.95. The van der Waals surface area contributed by atoms with Crippen LogP contribution in [0.1, 0.15) is 37.1 Å². The molecule has 0 spiro atoms. The van der Waals surface area contributed by atoms with E-state index in [1.165, 1.54) is 30.4 Å². The summed E-state index contributed by atoms with van der Waals surface area (Å²) in [6.45, 7) is 5.65. The zero-order valence-electron chi connectivity index (χ0n) is 18.1. The lowest BCUT2D eigenvalue weighted by atomic mass is 10.1. The van der Waals surface area contributed by atoms with E-state index in [4.69, 9.17) is 0 Å². The predicted molar refractivity (Wildman–Crippen MR) is 115 cm³/mol. The molecule has 1 fully saturated rings. The summed E-state index contributed by atoms with van der Waals surface area (Å²) in [6, 6.07) is 7.67. The maximum absolute atomic E-state index is 12.7. The molecule has 1 aromatic heterocycles. The summed E-state index contributed by atoms with van der Waals surface area (Å²) in [7, 11) is 3.17. The van der Waals surface area contributed by atoms with Gasteiger partial charge in [0.1, 0.15) is 11.9 Å². The highest BCUT2D eigenvalue weighted by Crippen LogP contribution is 2.28. The number of carbonyl (C=O) groups excluding carboxylic acids is 2. The maximum atomic E-state index is 12.7. The van der Waals surface area contributed by atoms with E-state index in [2.05, 4.69) is 46.1 Å². The Morgan fingerprint density at radius 2 is 1.87 bits per heavy atom. The van der Waals surface area contributed by atoms with Crippen molar-refractivity contribution < 1.29 is 14.2 Å². The van der Waals surface area contributed by atoms with E-state index in [9.17, 15) is 9.59 Å². The van der Waals surface area contributed by atoms with Gasteiger partial charge < -0.3 is 5.32 Å². The molecule has 2 aromatic rings. The lowest BCUT2D eigenvalue weighted by Gasteiger charge is -2.30. The molecule has 1 atom stereocenters. The van der Waals surface area contributed by atoms with Gasteiger partial charge in [-0.3, -0.25) is 14.6 Å². The third kappa shape index (κ3) is 3.36. The quantitative estimate of drug-likeness (QED) is 0.715. The van der Waals surface area contributed by atoms with Crippen LogP contribution in [-0.4, -0.2) is 52.8 Å². The van der Waals surface area contributed by atoms with Crippen LogP contribution in [0.5, 0.6) is 0 Å². The SMILES string of the molecule is CCCCc1ccc(NCCn2c(C)c[n+]3c2N=C2C3C(=O)N(C)C(=O)N2C)cc1. The molecule has 158 valence electrons. The Labute approximate surface area is 176 Å². The van der Waals surface area contributed by atoms with Crippen LogP contribution in [-0.2, 0) is 17.8 Å². The third-order valence-corrected chi connectivity index (χ3v) is 5.88. The van der Waals surface area contributed by atoms with Crippen molar-refractivity contribution in [3.05, 3.63) is 41.7 Å². The minimum Gasteiger partial charge on any atom is -0.382 e. The number of imidazole rings is 1. The number of anilines is 1. The predicted octanol–water partition coefficient (Wildman–Crippen LogP) is 2.65. The van der Waals surface area contributed by atoms with E-state index in [0.717, 1.165) is 29.2 Å². The number of nitrogens with one attached hydrogen (secondary N) is 1. The molecule has 0 saturated carbocycles. The molecule has 1 unspecified atom stereocenters. The van der Waals surface area contributed by atoms with Crippen molar-refractivity contribution in [2.45, 2.75) is 45.7 Å². The molecule has 8 heteroatoms. The van der Waals surface area contributed by atoms with E-state index < -0.39 is 6.04 Å². The number of hydrogen-bond acceptors (Lipinski definition) is 4. The Kier molecular flexibility index (Phi) is 5.32. The highest BCUT2D eigenvalue weighted by Gasteiger charge is 2.52. The fraction of sp³-hybridized carbons (Fsp3) is 0.455. The summed E-state index contributed by atoms with van der Waals surface area (Å²) in [6.07, 6.45) is 5.48. The van der Waals surface area contributed by atoms with E-state index in [0.29, 0.717) is 18.3 Å². The summed E-state index contributed by atoms with van der Waals surface area (Å²) in [5.41, 5.74) is 3.48. The van der Waals surface area contributed by atoms with Gasteiger partial charge in [0.05, 0.1) is 6.54 Å². The van der Waals surface area contributed by atoms with Gasteiger partial charge in [0.15, 0.2) is 0 Å². The van der Waals surface area contributed by atoms with E-state index in [-0.39, 0.29) is 11.9 Å². The Morgan fingerprint density at radius 3 is 2.57 bits per heavy atom. The van der Waals surface area contributed by atoms with Gasteiger partial charge in [-0.05, 0) is 37.5 Å². The Balaban J connectivity index is 1.47. The molecule has 3 heterocycles. The first kappa shape index (κ1) is 20.1. The monoisotopic (exact) mass is 409 g/mol. The van der Waals surface area contributed by atoms with Crippen LogP contribution in [0.15, 0.2) is 35.5 Å². The van der Waals surface area contributed by atoms with Gasteiger partial charge in [0.2, 0.25) is 11.9 Å². The Morgan fingerprint density at radius 1 is 1.13 bits per heavy atom. The number of aliphatic imine (C=N–C) groups is 1. The molecule has 0 aliphatic carbocycles. The molecule has 1 N–H and O–H groups in total. The highest BCUT2D eigenvalue weighted by molar-refractivity contribution is 6.18. The number of imide groups is 1. The number of nitrogens with zero attached hydrogens (tertiary/aromatic N) is 5. The van der Waals surface area contributed by atoms with Gasteiger partial charge in [-0.1, -0.05) is 30.5 Å². The van der Waals surface area contributed by atoms with Crippen LogP contribution >= 0.6 is 0 Å². The molecule has 1 saturated heterocycles. The number of benzene rings is 1. The smallest absolute Gasteiger partial charge is 0.382 e. The van der Waals surface area contributed by atoms with Crippen molar-refractivity contribution in [1.29, 1.82) is 0 Å². The highest BCUT2D eigenvalue weighted by atomic mass is 16.2. The number of fused-ring (bicyclic) bond motifs is 3. The number of aromatic nitrogens is 2. The molecule has 0 radical (unpaired) electrons. The number of rotatable bonds is 7. The number of amidine groups is 1. The lowest BCUT2D eigenvalue weighted by Crippen LogP contribution is -2.61. The largest absolute Gasteiger partial charge is 0.401 e. The summed E-state index contributed by atoms with van der Waals surface area (Å²) in [5.74, 6) is 0.939. The first-order valence-electron chi connectivity index (χ1n) is 10.5. The van der Waals surface area contributed by atoms with Crippen LogP contribution in [0.2, 0.25) is 0 Å². The number of carbonyl (C=O) groups is 2. The molecule has 1 aromatic carbocycles. The molecule has 8 nitrogen and oxygen atoms in total. The van der Waals surface area contributed by atoms with Gasteiger partial charge >= 0.3 is 12.0 Å². The third-order valence-electron chi connectivity index (χ3n) is 5.88. The molecular weight excluding hydrogens is 380 g/mol. The Bertz CT molecular complexity index is 1010. The molecule has 0 bridgehead atoms. The minimum absolute atomic E-state index is 0.251. The zero-order chi connectivity index (χ0) is 21.4. The van der Waals surface area contributed by atoms with E-state index in [1.807, 2.05) is 17.7 Å². The molecule has 30 heavy (non-hydrogen) atoms. The fourth-order valence-corrected chi connectivity index (χ4v) is 4.07. The molecule has 4 rings (SSSR count). The van der Waals surface area contributed by atoms with E-state index in [1.54, 1.807) is 7.05 Å².